The van der Waals surface area contributed by atoms with Crippen molar-refractivity contribution in [1.29, 1.82) is 0 Å². The van der Waals surface area contributed by atoms with Crippen molar-refractivity contribution in [2.24, 2.45) is 0 Å². The van der Waals surface area contributed by atoms with E-state index in [0.717, 1.165) is 30.5 Å². The number of carbonyl (C=O) groups excluding carboxylic acids is 1. The number of anilines is 1. The van der Waals surface area contributed by atoms with Crippen molar-refractivity contribution in [3.05, 3.63) is 65.2 Å². The van der Waals surface area contributed by atoms with Gasteiger partial charge in [-0.2, -0.15) is 0 Å². The van der Waals surface area contributed by atoms with Crippen molar-refractivity contribution in [2.75, 3.05) is 18.5 Å². The van der Waals surface area contributed by atoms with Crippen molar-refractivity contribution in [1.82, 2.24) is 4.90 Å². The van der Waals surface area contributed by atoms with Crippen LogP contribution < -0.4 is 5.32 Å². The molecule has 4 nitrogen and oxygen atoms in total. The SMILES string of the molecule is O=C(Nc1ccc(F)cc1F)N(CCO)C1CCc2ccccc21. The highest BCUT2D eigenvalue weighted by atomic mass is 19.1. The highest BCUT2D eigenvalue weighted by molar-refractivity contribution is 5.89. The molecule has 1 aliphatic carbocycles. The fraction of sp³-hybridized carbons (Fsp3) is 0.278. The molecule has 0 radical (unpaired) electrons. The van der Waals surface area contributed by atoms with Gasteiger partial charge in [-0.25, -0.2) is 13.6 Å². The Kier molecular flexibility index (Phi) is 4.76. The number of hydrogen-bond acceptors (Lipinski definition) is 2. The fourth-order valence-electron chi connectivity index (χ4n) is 3.14. The summed E-state index contributed by atoms with van der Waals surface area (Å²) in [6, 6.07) is 10.1. The predicted molar refractivity (Wildman–Crippen MR) is 86.7 cm³/mol. The van der Waals surface area contributed by atoms with E-state index in [1.807, 2.05) is 24.3 Å². The molecule has 0 spiro atoms. The summed E-state index contributed by atoms with van der Waals surface area (Å²) in [5, 5.41) is 11.8. The van der Waals surface area contributed by atoms with Crippen molar-refractivity contribution < 1.29 is 18.7 Å². The normalized spacial score (nSPS) is 15.9. The molecule has 2 aromatic carbocycles. The van der Waals surface area contributed by atoms with Gasteiger partial charge in [0, 0.05) is 12.6 Å². The highest BCUT2D eigenvalue weighted by Gasteiger charge is 2.30. The van der Waals surface area contributed by atoms with Gasteiger partial charge < -0.3 is 15.3 Å². The number of aliphatic hydroxyl groups excluding tert-OH is 1. The second-order valence-corrected chi connectivity index (χ2v) is 5.72. The van der Waals surface area contributed by atoms with Crippen molar-refractivity contribution in [2.45, 2.75) is 18.9 Å². The Morgan fingerprint density at radius 1 is 1.25 bits per heavy atom. The van der Waals surface area contributed by atoms with E-state index >= 15 is 0 Å². The van der Waals surface area contributed by atoms with Crippen LogP contribution in [0, 0.1) is 11.6 Å². The number of rotatable bonds is 4. The van der Waals surface area contributed by atoms with Gasteiger partial charge in [0.15, 0.2) is 0 Å². The summed E-state index contributed by atoms with van der Waals surface area (Å²) >= 11 is 0. The number of hydrogen-bond donors (Lipinski definition) is 2. The summed E-state index contributed by atoms with van der Waals surface area (Å²) < 4.78 is 26.7. The highest BCUT2D eigenvalue weighted by Crippen LogP contribution is 2.35. The summed E-state index contributed by atoms with van der Waals surface area (Å²) in [6.07, 6.45) is 1.60. The zero-order valence-electron chi connectivity index (χ0n) is 13.0. The van der Waals surface area contributed by atoms with Gasteiger partial charge in [-0.3, -0.25) is 0 Å². The topological polar surface area (TPSA) is 52.6 Å². The molecule has 0 heterocycles. The summed E-state index contributed by atoms with van der Waals surface area (Å²) in [5.41, 5.74) is 2.13. The van der Waals surface area contributed by atoms with Crippen LogP contribution in [0.4, 0.5) is 19.3 Å². The minimum atomic E-state index is -0.834. The number of aliphatic hydroxyl groups is 1. The summed E-state index contributed by atoms with van der Waals surface area (Å²) in [5.74, 6) is -1.54. The number of urea groups is 1. The summed E-state index contributed by atoms with van der Waals surface area (Å²) in [4.78, 5) is 14.1. The van der Waals surface area contributed by atoms with Gasteiger partial charge >= 0.3 is 6.03 Å². The van der Waals surface area contributed by atoms with Crippen molar-refractivity contribution >= 4 is 11.7 Å². The lowest BCUT2D eigenvalue weighted by Gasteiger charge is -2.29. The first kappa shape index (κ1) is 16.4. The second kappa shape index (κ2) is 6.97. The minimum Gasteiger partial charge on any atom is -0.395 e. The van der Waals surface area contributed by atoms with Gasteiger partial charge in [0.1, 0.15) is 11.6 Å². The van der Waals surface area contributed by atoms with E-state index in [9.17, 15) is 18.7 Å². The van der Waals surface area contributed by atoms with Crippen LogP contribution in [0.2, 0.25) is 0 Å². The quantitative estimate of drug-likeness (QED) is 0.901. The first-order chi connectivity index (χ1) is 11.6. The van der Waals surface area contributed by atoms with E-state index in [1.165, 1.54) is 16.5 Å². The number of amides is 2. The molecule has 2 aromatic rings. The monoisotopic (exact) mass is 332 g/mol. The Labute approximate surface area is 138 Å². The van der Waals surface area contributed by atoms with E-state index in [0.29, 0.717) is 0 Å². The molecule has 0 saturated carbocycles. The lowest BCUT2D eigenvalue weighted by Crippen LogP contribution is -2.39. The molecule has 1 atom stereocenters. The molecule has 24 heavy (non-hydrogen) atoms. The number of benzene rings is 2. The molecule has 0 aliphatic heterocycles. The van der Waals surface area contributed by atoms with Crippen LogP contribution in [0.25, 0.3) is 0 Å². The first-order valence-electron chi connectivity index (χ1n) is 7.81. The van der Waals surface area contributed by atoms with E-state index in [1.54, 1.807) is 0 Å². The maximum atomic E-state index is 13.8. The lowest BCUT2D eigenvalue weighted by atomic mass is 10.1. The van der Waals surface area contributed by atoms with Crippen LogP contribution in [-0.2, 0) is 6.42 Å². The number of aryl methyl sites for hydroxylation is 1. The molecule has 1 aliphatic rings. The molecule has 0 saturated heterocycles. The predicted octanol–water partition coefficient (Wildman–Crippen LogP) is 3.48. The summed E-state index contributed by atoms with van der Waals surface area (Å²) in [7, 11) is 0. The van der Waals surface area contributed by atoms with Gasteiger partial charge in [-0.15, -0.1) is 0 Å². The average molecular weight is 332 g/mol. The molecular formula is C18H18F2N2O2. The van der Waals surface area contributed by atoms with E-state index in [4.69, 9.17) is 0 Å². The Hall–Kier alpha value is -2.47. The van der Waals surface area contributed by atoms with E-state index in [-0.39, 0.29) is 24.9 Å². The number of nitrogens with one attached hydrogen (secondary N) is 1. The van der Waals surface area contributed by atoms with Crippen LogP contribution >= 0.6 is 0 Å². The molecule has 0 fully saturated rings. The zero-order chi connectivity index (χ0) is 17.1. The number of nitrogens with zero attached hydrogens (tertiary/aromatic N) is 1. The van der Waals surface area contributed by atoms with Crippen LogP contribution in [0.5, 0.6) is 0 Å². The smallest absolute Gasteiger partial charge is 0.322 e. The second-order valence-electron chi connectivity index (χ2n) is 5.72. The third-order valence-electron chi connectivity index (χ3n) is 4.25. The molecule has 0 aromatic heterocycles. The molecule has 1 unspecified atom stereocenters. The van der Waals surface area contributed by atoms with Gasteiger partial charge in [-0.05, 0) is 36.1 Å². The summed E-state index contributed by atoms with van der Waals surface area (Å²) in [6.45, 7) is -0.0639. The Bertz CT molecular complexity index is 752. The molecule has 6 heteroatoms. The molecule has 3 rings (SSSR count). The number of halogens is 2. The maximum absolute atomic E-state index is 13.8. The van der Waals surface area contributed by atoms with Crippen molar-refractivity contribution in [3.63, 3.8) is 0 Å². The Balaban J connectivity index is 1.82. The average Bonchev–Trinajstić information content (AvgIpc) is 2.99. The van der Waals surface area contributed by atoms with Crippen LogP contribution in [0.1, 0.15) is 23.6 Å². The first-order valence-corrected chi connectivity index (χ1v) is 7.81. The molecule has 0 bridgehead atoms. The lowest BCUT2D eigenvalue weighted by molar-refractivity contribution is 0.162. The fourth-order valence-corrected chi connectivity index (χ4v) is 3.14. The third kappa shape index (κ3) is 3.23. The minimum absolute atomic E-state index is 0.0874. The number of carbonyl (C=O) groups is 1. The molecule has 2 amide bonds. The molecule has 2 N–H and O–H groups in total. The third-order valence-corrected chi connectivity index (χ3v) is 4.25. The van der Waals surface area contributed by atoms with Gasteiger partial charge in [0.25, 0.3) is 0 Å². The standard InChI is InChI=1S/C18H18F2N2O2/c19-13-6-7-16(15(20)11-13)21-18(24)22(9-10-23)17-8-5-12-3-1-2-4-14(12)17/h1-4,6-7,11,17,23H,5,8-10H2,(H,21,24). The van der Waals surface area contributed by atoms with Gasteiger partial charge in [-0.1, -0.05) is 24.3 Å². The zero-order valence-corrected chi connectivity index (χ0v) is 13.0. The van der Waals surface area contributed by atoms with Crippen LogP contribution in [0.15, 0.2) is 42.5 Å². The maximum Gasteiger partial charge on any atom is 0.322 e. The van der Waals surface area contributed by atoms with E-state index < -0.39 is 17.7 Å². The number of fused-ring (bicyclic) bond motifs is 1. The van der Waals surface area contributed by atoms with Gasteiger partial charge in [0.05, 0.1) is 18.3 Å². The Morgan fingerprint density at radius 3 is 2.79 bits per heavy atom. The molecule has 126 valence electrons. The van der Waals surface area contributed by atoms with Crippen LogP contribution in [0.3, 0.4) is 0 Å². The molecular weight excluding hydrogens is 314 g/mol. The largest absolute Gasteiger partial charge is 0.395 e. The van der Waals surface area contributed by atoms with Gasteiger partial charge in [0.2, 0.25) is 0 Å². The van der Waals surface area contributed by atoms with E-state index in [2.05, 4.69) is 5.32 Å². The van der Waals surface area contributed by atoms with Crippen LogP contribution in [-0.4, -0.2) is 29.2 Å². The van der Waals surface area contributed by atoms with Crippen molar-refractivity contribution in [3.8, 4) is 0 Å². The Morgan fingerprint density at radius 2 is 2.04 bits per heavy atom.